The fourth-order valence-electron chi connectivity index (χ4n) is 2.73. The Kier molecular flexibility index (Phi) is 4.91. The Morgan fingerprint density at radius 3 is 2.48 bits per heavy atom. The van der Waals surface area contributed by atoms with Gasteiger partial charge in [0.05, 0.1) is 0 Å². The number of likely N-dealkylation sites (tertiary alicyclic amines) is 1. The maximum atomic E-state index is 13.7. The minimum Gasteiger partial charge on any atom is -0.343 e. The Balaban J connectivity index is 1.86. The van der Waals surface area contributed by atoms with Crippen molar-refractivity contribution in [3.63, 3.8) is 0 Å². The maximum Gasteiger partial charge on any atom is 0.245 e. The van der Waals surface area contributed by atoms with Crippen LogP contribution in [0.2, 0.25) is 0 Å². The van der Waals surface area contributed by atoms with E-state index in [2.05, 4.69) is 0 Å². The van der Waals surface area contributed by atoms with Crippen molar-refractivity contribution in [3.05, 3.63) is 35.6 Å². The minimum atomic E-state index is -2.80. The number of carbonyl (C=O) groups excluding carboxylic acids is 1. The summed E-state index contributed by atoms with van der Waals surface area (Å²) in [5, 5.41) is 0. The second-order valence-electron chi connectivity index (χ2n) is 5.75. The number of nitrogens with zero attached hydrogens (tertiary/aromatic N) is 1. The van der Waals surface area contributed by atoms with Crippen molar-refractivity contribution in [1.29, 1.82) is 0 Å². The molecule has 1 aromatic carbocycles. The average molecular weight is 299 g/mol. The average Bonchev–Trinajstić information content (AvgIpc) is 2.45. The number of hydrogen-bond donors (Lipinski definition) is 0. The number of amides is 1. The van der Waals surface area contributed by atoms with Crippen LogP contribution in [0.5, 0.6) is 0 Å². The van der Waals surface area contributed by atoms with Gasteiger partial charge in [0.25, 0.3) is 0 Å². The van der Waals surface area contributed by atoms with E-state index in [-0.39, 0.29) is 24.1 Å². The molecule has 1 aliphatic rings. The van der Waals surface area contributed by atoms with Crippen LogP contribution in [-0.4, -0.2) is 29.8 Å². The van der Waals surface area contributed by atoms with Gasteiger partial charge in [0.2, 0.25) is 11.8 Å². The molecule has 2 rings (SSSR count). The molecule has 0 aliphatic carbocycles. The monoisotopic (exact) mass is 299 g/mol. The number of hydrogen-bond acceptors (Lipinski definition) is 1. The molecule has 0 N–H and O–H groups in total. The third-order valence-electron chi connectivity index (χ3n) is 3.97. The zero-order chi connectivity index (χ0) is 15.5. The lowest BCUT2D eigenvalue weighted by atomic mass is 9.89. The largest absolute Gasteiger partial charge is 0.343 e. The lowest BCUT2D eigenvalue weighted by Gasteiger charge is -2.32. The number of alkyl halides is 2. The molecule has 116 valence electrons. The van der Waals surface area contributed by atoms with Crippen molar-refractivity contribution in [2.24, 2.45) is 0 Å². The fourth-order valence-corrected chi connectivity index (χ4v) is 2.73. The van der Waals surface area contributed by atoms with Crippen molar-refractivity contribution in [2.45, 2.75) is 44.4 Å². The van der Waals surface area contributed by atoms with Gasteiger partial charge in [-0.1, -0.05) is 18.2 Å². The van der Waals surface area contributed by atoms with Crippen LogP contribution in [-0.2, 0) is 4.79 Å². The third-order valence-corrected chi connectivity index (χ3v) is 3.97. The van der Waals surface area contributed by atoms with Crippen LogP contribution in [0.1, 0.15) is 44.1 Å². The van der Waals surface area contributed by atoms with Gasteiger partial charge in [-0.3, -0.25) is 4.79 Å². The molecule has 1 aromatic rings. The van der Waals surface area contributed by atoms with Gasteiger partial charge in [-0.2, -0.15) is 0 Å². The Hall–Kier alpha value is -1.52. The SMILES string of the molecule is CC(F)(F)CCC(=O)N1CCC(c2ccccc2F)CC1. The molecule has 0 bridgehead atoms. The first-order valence-electron chi connectivity index (χ1n) is 7.27. The summed E-state index contributed by atoms with van der Waals surface area (Å²) in [6.45, 7) is 1.84. The molecule has 2 nitrogen and oxygen atoms in total. The normalized spacial score (nSPS) is 17.0. The first kappa shape index (κ1) is 15.9. The van der Waals surface area contributed by atoms with Crippen molar-refractivity contribution < 1.29 is 18.0 Å². The summed E-state index contributed by atoms with van der Waals surface area (Å²) in [6, 6.07) is 6.67. The lowest BCUT2D eigenvalue weighted by molar-refractivity contribution is -0.134. The third kappa shape index (κ3) is 4.48. The first-order valence-corrected chi connectivity index (χ1v) is 7.27. The molecular weight excluding hydrogens is 279 g/mol. The summed E-state index contributed by atoms with van der Waals surface area (Å²) >= 11 is 0. The second kappa shape index (κ2) is 6.50. The second-order valence-corrected chi connectivity index (χ2v) is 5.75. The highest BCUT2D eigenvalue weighted by Gasteiger charge is 2.28. The van der Waals surface area contributed by atoms with Crippen LogP contribution >= 0.6 is 0 Å². The van der Waals surface area contributed by atoms with Gasteiger partial charge in [-0.25, -0.2) is 13.2 Å². The zero-order valence-electron chi connectivity index (χ0n) is 12.1. The molecule has 0 aromatic heterocycles. The van der Waals surface area contributed by atoms with E-state index in [1.54, 1.807) is 23.1 Å². The number of piperidine rings is 1. The van der Waals surface area contributed by atoms with E-state index in [1.807, 2.05) is 0 Å². The highest BCUT2D eigenvalue weighted by atomic mass is 19.3. The quantitative estimate of drug-likeness (QED) is 0.824. The van der Waals surface area contributed by atoms with Crippen molar-refractivity contribution >= 4 is 5.91 Å². The summed E-state index contributed by atoms with van der Waals surface area (Å²) in [5.74, 6) is -3.15. The van der Waals surface area contributed by atoms with Gasteiger partial charge in [0.15, 0.2) is 0 Å². The van der Waals surface area contributed by atoms with E-state index < -0.39 is 12.3 Å². The number of rotatable bonds is 4. The summed E-state index contributed by atoms with van der Waals surface area (Å²) in [4.78, 5) is 13.5. The zero-order valence-corrected chi connectivity index (χ0v) is 12.1. The molecule has 1 saturated heterocycles. The molecule has 1 aliphatic heterocycles. The first-order chi connectivity index (χ1) is 9.87. The molecule has 0 spiro atoms. The Labute approximate surface area is 122 Å². The number of benzene rings is 1. The molecule has 5 heteroatoms. The number of halogens is 3. The highest BCUT2D eigenvalue weighted by Crippen LogP contribution is 2.30. The number of carbonyl (C=O) groups is 1. The molecule has 0 atom stereocenters. The molecule has 21 heavy (non-hydrogen) atoms. The van der Waals surface area contributed by atoms with Gasteiger partial charge < -0.3 is 4.90 Å². The van der Waals surface area contributed by atoms with Crippen LogP contribution in [0.15, 0.2) is 24.3 Å². The van der Waals surface area contributed by atoms with Crippen LogP contribution in [0.4, 0.5) is 13.2 Å². The summed E-state index contributed by atoms with van der Waals surface area (Å²) < 4.78 is 39.2. The summed E-state index contributed by atoms with van der Waals surface area (Å²) in [7, 11) is 0. The maximum absolute atomic E-state index is 13.7. The standard InChI is InChI=1S/C16H20F3NO/c1-16(18,19)9-6-15(21)20-10-7-12(8-11-20)13-4-2-3-5-14(13)17/h2-5,12H,6-11H2,1H3. The van der Waals surface area contributed by atoms with Crippen LogP contribution in [0, 0.1) is 5.82 Å². The Bertz CT molecular complexity index is 491. The van der Waals surface area contributed by atoms with E-state index in [9.17, 15) is 18.0 Å². The van der Waals surface area contributed by atoms with E-state index in [1.165, 1.54) is 6.07 Å². The van der Waals surface area contributed by atoms with Crippen LogP contribution in [0.3, 0.4) is 0 Å². The van der Waals surface area contributed by atoms with Gasteiger partial charge in [0, 0.05) is 25.9 Å². The van der Waals surface area contributed by atoms with Gasteiger partial charge in [-0.15, -0.1) is 0 Å². The topological polar surface area (TPSA) is 20.3 Å². The van der Waals surface area contributed by atoms with Gasteiger partial charge >= 0.3 is 0 Å². The molecule has 0 unspecified atom stereocenters. The fraction of sp³-hybridized carbons (Fsp3) is 0.562. The van der Waals surface area contributed by atoms with Crippen molar-refractivity contribution in [1.82, 2.24) is 4.90 Å². The van der Waals surface area contributed by atoms with E-state index in [4.69, 9.17) is 0 Å². The van der Waals surface area contributed by atoms with Crippen LogP contribution in [0.25, 0.3) is 0 Å². The van der Waals surface area contributed by atoms with Crippen molar-refractivity contribution in [2.75, 3.05) is 13.1 Å². The molecule has 0 radical (unpaired) electrons. The van der Waals surface area contributed by atoms with Gasteiger partial charge in [-0.05, 0) is 37.3 Å². The molecule has 1 heterocycles. The van der Waals surface area contributed by atoms with Crippen LogP contribution < -0.4 is 0 Å². The molecule has 0 saturated carbocycles. The van der Waals surface area contributed by atoms with E-state index in [0.29, 0.717) is 31.5 Å². The molecule has 1 fully saturated rings. The van der Waals surface area contributed by atoms with E-state index >= 15 is 0 Å². The highest BCUT2D eigenvalue weighted by molar-refractivity contribution is 5.76. The lowest BCUT2D eigenvalue weighted by Crippen LogP contribution is -2.38. The Morgan fingerprint density at radius 2 is 1.90 bits per heavy atom. The smallest absolute Gasteiger partial charge is 0.245 e. The van der Waals surface area contributed by atoms with Gasteiger partial charge in [0.1, 0.15) is 5.82 Å². The minimum absolute atomic E-state index is 0.0999. The summed E-state index contributed by atoms with van der Waals surface area (Å²) in [6.07, 6.45) is 0.803. The molecule has 1 amide bonds. The van der Waals surface area contributed by atoms with E-state index in [0.717, 1.165) is 6.92 Å². The van der Waals surface area contributed by atoms with Crippen molar-refractivity contribution in [3.8, 4) is 0 Å². The summed E-state index contributed by atoms with van der Waals surface area (Å²) in [5.41, 5.74) is 0.685. The Morgan fingerprint density at radius 1 is 1.29 bits per heavy atom. The predicted molar refractivity (Wildman–Crippen MR) is 74.8 cm³/mol. The predicted octanol–water partition coefficient (Wildman–Crippen LogP) is 3.97. The molecular formula is C16H20F3NO.